The fourth-order valence-corrected chi connectivity index (χ4v) is 13.9. The van der Waals surface area contributed by atoms with Crippen molar-refractivity contribution < 1.29 is 80.2 Å². The van der Waals surface area contributed by atoms with E-state index < -0.39 is 97.5 Å². The van der Waals surface area contributed by atoms with Crippen LogP contribution in [0.2, 0.25) is 0 Å². The number of carbonyl (C=O) groups is 4. The Balaban J connectivity index is 5.24. The van der Waals surface area contributed by atoms with Crippen molar-refractivity contribution in [3.8, 4) is 0 Å². The molecule has 0 spiro atoms. The van der Waals surface area contributed by atoms with Gasteiger partial charge in [-0.1, -0.05) is 364 Å². The summed E-state index contributed by atoms with van der Waals surface area (Å²) in [6, 6.07) is 0. The van der Waals surface area contributed by atoms with Crippen LogP contribution in [0.5, 0.6) is 0 Å². The monoisotopic (exact) mass is 1470 g/mol. The second-order valence-corrected chi connectivity index (χ2v) is 33.5. The van der Waals surface area contributed by atoms with Gasteiger partial charge in [0.2, 0.25) is 0 Å². The Morgan fingerprint density at radius 1 is 0.280 bits per heavy atom. The van der Waals surface area contributed by atoms with E-state index in [1.54, 1.807) is 0 Å². The summed E-state index contributed by atoms with van der Waals surface area (Å²) in [6.45, 7) is 14.3. The smallest absolute Gasteiger partial charge is 0.462 e. The van der Waals surface area contributed by atoms with Crippen LogP contribution in [0.1, 0.15) is 415 Å². The summed E-state index contributed by atoms with van der Waals surface area (Å²) in [5, 5.41) is 10.6. The molecule has 0 fully saturated rings. The number of hydrogen-bond acceptors (Lipinski definition) is 15. The minimum absolute atomic E-state index is 0.106. The maximum Gasteiger partial charge on any atom is 0.472 e. The van der Waals surface area contributed by atoms with Crippen LogP contribution in [0.25, 0.3) is 0 Å². The minimum atomic E-state index is -4.96. The maximum absolute atomic E-state index is 13.1. The summed E-state index contributed by atoms with van der Waals surface area (Å²) in [5.74, 6) is 1.04. The first-order chi connectivity index (χ1) is 48.2. The Hall–Kier alpha value is -1.94. The first-order valence-electron chi connectivity index (χ1n) is 41.8. The number of carbonyl (C=O) groups excluding carboxylic acids is 4. The molecule has 594 valence electrons. The summed E-state index contributed by atoms with van der Waals surface area (Å²) in [4.78, 5) is 73.0. The highest BCUT2D eigenvalue weighted by Gasteiger charge is 2.30. The van der Waals surface area contributed by atoms with Crippen molar-refractivity contribution in [2.24, 2.45) is 23.7 Å². The van der Waals surface area contributed by atoms with Crippen molar-refractivity contribution in [3.63, 3.8) is 0 Å². The molecule has 0 aromatic carbocycles. The zero-order valence-electron chi connectivity index (χ0n) is 65.8. The molecule has 7 atom stereocenters. The zero-order valence-corrected chi connectivity index (χ0v) is 67.6. The van der Waals surface area contributed by atoms with Crippen LogP contribution in [-0.2, 0) is 65.4 Å². The fourth-order valence-electron chi connectivity index (χ4n) is 12.4. The van der Waals surface area contributed by atoms with E-state index in [1.807, 2.05) is 0 Å². The second-order valence-electron chi connectivity index (χ2n) is 30.6. The third kappa shape index (κ3) is 71.7. The Bertz CT molecular complexity index is 1960. The largest absolute Gasteiger partial charge is 0.472 e. The number of phosphoric ester groups is 2. The van der Waals surface area contributed by atoms with Gasteiger partial charge in [0, 0.05) is 25.7 Å². The molecule has 0 saturated heterocycles. The third-order valence-electron chi connectivity index (χ3n) is 19.5. The van der Waals surface area contributed by atoms with Gasteiger partial charge in [-0.2, -0.15) is 0 Å². The van der Waals surface area contributed by atoms with Crippen molar-refractivity contribution in [1.82, 2.24) is 0 Å². The summed E-state index contributed by atoms with van der Waals surface area (Å²) in [5.41, 5.74) is 0. The lowest BCUT2D eigenvalue weighted by Gasteiger charge is -2.21. The average Bonchev–Trinajstić information content (AvgIpc) is 0.988. The van der Waals surface area contributed by atoms with E-state index in [0.29, 0.717) is 25.7 Å². The van der Waals surface area contributed by atoms with Crippen LogP contribution < -0.4 is 0 Å². The normalized spacial score (nSPS) is 14.6. The second kappa shape index (κ2) is 70.1. The van der Waals surface area contributed by atoms with Crippen molar-refractivity contribution in [3.05, 3.63) is 0 Å². The molecule has 0 aromatic heterocycles. The molecule has 0 bridgehead atoms. The number of rotatable bonds is 78. The molecule has 0 aromatic rings. The highest BCUT2D eigenvalue weighted by Crippen LogP contribution is 2.45. The van der Waals surface area contributed by atoms with Gasteiger partial charge in [-0.3, -0.25) is 37.3 Å². The molecule has 0 saturated carbocycles. The summed E-state index contributed by atoms with van der Waals surface area (Å²) < 4.78 is 68.7. The lowest BCUT2D eigenvalue weighted by molar-refractivity contribution is -0.161. The van der Waals surface area contributed by atoms with Crippen LogP contribution in [-0.4, -0.2) is 96.7 Å². The highest BCUT2D eigenvalue weighted by atomic mass is 31.2. The third-order valence-corrected chi connectivity index (χ3v) is 21.4. The average molecular weight is 1470 g/mol. The molecule has 0 aliphatic rings. The van der Waals surface area contributed by atoms with Crippen LogP contribution >= 0.6 is 15.6 Å². The molecule has 0 amide bonds. The van der Waals surface area contributed by atoms with Crippen LogP contribution in [0.4, 0.5) is 0 Å². The van der Waals surface area contributed by atoms with Crippen LogP contribution in [0, 0.1) is 23.7 Å². The number of esters is 4. The molecule has 0 rings (SSSR count). The van der Waals surface area contributed by atoms with E-state index >= 15 is 0 Å². The van der Waals surface area contributed by atoms with Gasteiger partial charge in [0.05, 0.1) is 26.4 Å². The molecule has 0 radical (unpaired) electrons. The minimum Gasteiger partial charge on any atom is -0.462 e. The van der Waals surface area contributed by atoms with Crippen molar-refractivity contribution >= 4 is 39.5 Å². The number of ether oxygens (including phenoxy) is 4. The first-order valence-corrected chi connectivity index (χ1v) is 44.8. The number of aliphatic hydroxyl groups is 1. The number of aliphatic hydroxyl groups excluding tert-OH is 1. The van der Waals surface area contributed by atoms with E-state index in [0.717, 1.165) is 120 Å². The molecule has 19 heteroatoms. The van der Waals surface area contributed by atoms with E-state index in [1.165, 1.54) is 212 Å². The quantitative estimate of drug-likeness (QED) is 0.0222. The van der Waals surface area contributed by atoms with Crippen LogP contribution in [0.15, 0.2) is 0 Å². The van der Waals surface area contributed by atoms with E-state index in [4.69, 9.17) is 37.0 Å². The van der Waals surface area contributed by atoms with Crippen molar-refractivity contribution in [2.75, 3.05) is 39.6 Å². The zero-order chi connectivity index (χ0) is 73.8. The summed E-state index contributed by atoms with van der Waals surface area (Å²) in [7, 11) is -9.92. The van der Waals surface area contributed by atoms with Gasteiger partial charge in [-0.05, 0) is 49.4 Å². The van der Waals surface area contributed by atoms with Gasteiger partial charge >= 0.3 is 39.5 Å². The number of unbranched alkanes of at least 4 members (excludes halogenated alkanes) is 42. The number of hydrogen-bond donors (Lipinski definition) is 3. The number of phosphoric acid groups is 2. The summed E-state index contributed by atoms with van der Waals surface area (Å²) >= 11 is 0. The Morgan fingerprint density at radius 3 is 0.710 bits per heavy atom. The van der Waals surface area contributed by atoms with Crippen LogP contribution in [0.3, 0.4) is 0 Å². The molecule has 3 N–H and O–H groups in total. The Labute approximate surface area is 613 Å². The molecule has 17 nitrogen and oxygen atoms in total. The predicted molar refractivity (Wildman–Crippen MR) is 409 cm³/mol. The van der Waals surface area contributed by atoms with Gasteiger partial charge in [0.15, 0.2) is 12.2 Å². The molecule has 4 unspecified atom stereocenters. The van der Waals surface area contributed by atoms with Crippen molar-refractivity contribution in [2.45, 2.75) is 433 Å². The first kappa shape index (κ1) is 98.1. The van der Waals surface area contributed by atoms with E-state index in [9.17, 15) is 43.2 Å². The van der Waals surface area contributed by atoms with Gasteiger partial charge in [0.25, 0.3) is 0 Å². The van der Waals surface area contributed by atoms with Gasteiger partial charge < -0.3 is 33.8 Å². The molecular weight excluding hydrogens is 1310 g/mol. The fraction of sp³-hybridized carbons (Fsp3) is 0.951. The summed E-state index contributed by atoms with van der Waals surface area (Å²) in [6.07, 6.45) is 56.8. The highest BCUT2D eigenvalue weighted by molar-refractivity contribution is 7.47. The molecule has 0 aliphatic heterocycles. The maximum atomic E-state index is 13.1. The lowest BCUT2D eigenvalue weighted by Crippen LogP contribution is -2.30. The standard InChI is InChI=1S/C81H158O17P2/c1-9-73(7)59-51-43-35-29-23-16-12-14-18-25-31-37-47-55-63-81(86)98-77(68-92-79(84)62-54-46-40-39-44-52-60-74(8)10-2)70-96-100(89,90)94-66-75(82)65-93-99(87,88)95-69-76(97-80(85)64-56-48-38-32-26-20-19-22-28-34-42-50-58-72(5)6)67-91-78(83)61-53-45-36-30-24-17-13-11-15-21-27-33-41-49-57-71(3)4/h71-77,82H,9-70H2,1-8H3,(H,87,88)(H,89,90)/t73?,74?,75-,76-,77-/m1/s1. The van der Waals surface area contributed by atoms with Gasteiger partial charge in [-0.25, -0.2) is 9.13 Å². The SMILES string of the molecule is CCC(C)CCCCCCCCCCCCCCCCC(=O)O[C@H](COC(=O)CCCCCCCCC(C)CC)COP(=O)(O)OC[C@H](O)COP(=O)(O)OC[C@@H](COC(=O)CCCCCCCCCCCCCCCCC(C)C)OC(=O)CCCCCCCCCCCCCCC(C)C. The Kier molecular flexibility index (Phi) is 68.7. The van der Waals surface area contributed by atoms with Gasteiger partial charge in [0.1, 0.15) is 19.3 Å². The van der Waals surface area contributed by atoms with Gasteiger partial charge in [-0.15, -0.1) is 0 Å². The Morgan fingerprint density at radius 2 is 0.480 bits per heavy atom. The molecular formula is C81H158O17P2. The van der Waals surface area contributed by atoms with E-state index in [2.05, 4.69) is 55.4 Å². The lowest BCUT2D eigenvalue weighted by atomic mass is 9.99. The van der Waals surface area contributed by atoms with Crippen molar-refractivity contribution in [1.29, 1.82) is 0 Å². The molecule has 0 aliphatic carbocycles. The topological polar surface area (TPSA) is 237 Å². The molecule has 0 heterocycles. The predicted octanol–water partition coefficient (Wildman–Crippen LogP) is 24.0. The van der Waals surface area contributed by atoms with E-state index in [-0.39, 0.29) is 25.7 Å². The molecule has 100 heavy (non-hydrogen) atoms.